The van der Waals surface area contributed by atoms with Gasteiger partial charge in [-0.25, -0.2) is 0 Å². The van der Waals surface area contributed by atoms with Crippen molar-refractivity contribution in [3.63, 3.8) is 0 Å². The standard InChI is InChI=1S/C8H8N2O4/c1-4-13-7-2-5(9)6(10(11)12)3-8(7)14-4/h2-4H,9H2,1H3. The van der Waals surface area contributed by atoms with Crippen LogP contribution in [0.4, 0.5) is 11.4 Å². The minimum absolute atomic E-state index is 0.0754. The summed E-state index contributed by atoms with van der Waals surface area (Å²) < 4.78 is 10.4. The molecule has 0 aromatic heterocycles. The zero-order valence-corrected chi connectivity index (χ0v) is 7.39. The number of benzene rings is 1. The van der Waals surface area contributed by atoms with Crippen molar-refractivity contribution in [2.24, 2.45) is 0 Å². The maximum Gasteiger partial charge on any atom is 0.296 e. The van der Waals surface area contributed by atoms with Crippen molar-refractivity contribution in [1.82, 2.24) is 0 Å². The van der Waals surface area contributed by atoms with Crippen molar-refractivity contribution in [3.05, 3.63) is 22.2 Å². The van der Waals surface area contributed by atoms with Gasteiger partial charge in [0.2, 0.25) is 6.29 Å². The van der Waals surface area contributed by atoms with Gasteiger partial charge in [-0.05, 0) is 0 Å². The molecule has 0 spiro atoms. The van der Waals surface area contributed by atoms with Gasteiger partial charge in [-0.15, -0.1) is 0 Å². The number of nitrogens with zero attached hydrogens (tertiary/aromatic N) is 1. The van der Waals surface area contributed by atoms with E-state index in [1.54, 1.807) is 6.92 Å². The molecule has 6 heteroatoms. The van der Waals surface area contributed by atoms with E-state index in [0.717, 1.165) is 0 Å². The Balaban J connectivity index is 2.50. The van der Waals surface area contributed by atoms with E-state index >= 15 is 0 Å². The molecule has 0 fully saturated rings. The lowest BCUT2D eigenvalue weighted by molar-refractivity contribution is -0.384. The quantitative estimate of drug-likeness (QED) is 0.415. The van der Waals surface area contributed by atoms with Crippen LogP contribution >= 0.6 is 0 Å². The molecule has 0 saturated heterocycles. The van der Waals surface area contributed by atoms with Crippen LogP contribution in [0, 0.1) is 10.1 Å². The van der Waals surface area contributed by atoms with Crippen LogP contribution in [0.15, 0.2) is 12.1 Å². The van der Waals surface area contributed by atoms with Gasteiger partial charge in [-0.1, -0.05) is 0 Å². The first-order valence-electron chi connectivity index (χ1n) is 3.99. The topological polar surface area (TPSA) is 87.6 Å². The fourth-order valence-corrected chi connectivity index (χ4v) is 1.29. The summed E-state index contributed by atoms with van der Waals surface area (Å²) >= 11 is 0. The van der Waals surface area contributed by atoms with E-state index in [4.69, 9.17) is 15.2 Å². The Labute approximate surface area is 79.4 Å². The number of fused-ring (bicyclic) bond motifs is 1. The van der Waals surface area contributed by atoms with Crippen LogP contribution in [0.3, 0.4) is 0 Å². The van der Waals surface area contributed by atoms with Crippen LogP contribution < -0.4 is 15.2 Å². The Kier molecular flexibility index (Phi) is 1.70. The number of hydrogen-bond donors (Lipinski definition) is 1. The smallest absolute Gasteiger partial charge is 0.296 e. The van der Waals surface area contributed by atoms with Gasteiger partial charge >= 0.3 is 0 Å². The van der Waals surface area contributed by atoms with Crippen molar-refractivity contribution in [2.75, 3.05) is 5.73 Å². The van der Waals surface area contributed by atoms with E-state index in [1.807, 2.05) is 0 Å². The van der Waals surface area contributed by atoms with Crippen LogP contribution in [0.2, 0.25) is 0 Å². The number of anilines is 1. The molecule has 14 heavy (non-hydrogen) atoms. The molecule has 6 nitrogen and oxygen atoms in total. The first kappa shape index (κ1) is 8.61. The summed E-state index contributed by atoms with van der Waals surface area (Å²) in [6, 6.07) is 2.67. The molecule has 2 N–H and O–H groups in total. The number of nitro groups is 1. The molecular formula is C8H8N2O4. The molecule has 0 saturated carbocycles. The molecule has 0 aliphatic carbocycles. The van der Waals surface area contributed by atoms with E-state index in [0.29, 0.717) is 11.5 Å². The van der Waals surface area contributed by atoms with E-state index in [1.165, 1.54) is 12.1 Å². The second-order valence-electron chi connectivity index (χ2n) is 2.92. The molecule has 1 atom stereocenters. The monoisotopic (exact) mass is 196 g/mol. The van der Waals surface area contributed by atoms with Gasteiger partial charge < -0.3 is 15.2 Å². The molecule has 0 bridgehead atoms. The summed E-state index contributed by atoms with van der Waals surface area (Å²) in [5.41, 5.74) is 5.37. The Bertz CT molecular complexity index is 405. The molecule has 1 aliphatic rings. The zero-order chi connectivity index (χ0) is 10.3. The summed E-state index contributed by atoms with van der Waals surface area (Å²) in [7, 11) is 0. The van der Waals surface area contributed by atoms with Gasteiger partial charge in [0.25, 0.3) is 5.69 Å². The average molecular weight is 196 g/mol. The van der Waals surface area contributed by atoms with Gasteiger partial charge in [0.15, 0.2) is 11.5 Å². The number of rotatable bonds is 1. The fraction of sp³-hybridized carbons (Fsp3) is 0.250. The predicted molar refractivity (Wildman–Crippen MR) is 48.2 cm³/mol. The predicted octanol–water partition coefficient (Wildman–Crippen LogP) is 1.29. The second kappa shape index (κ2) is 2.76. The molecule has 1 aliphatic heterocycles. The molecule has 1 unspecified atom stereocenters. The van der Waals surface area contributed by atoms with Gasteiger partial charge in [-0.2, -0.15) is 0 Å². The SMILES string of the molecule is CC1Oc2cc(N)c([N+](=O)[O-])cc2O1. The van der Waals surface area contributed by atoms with Crippen molar-refractivity contribution >= 4 is 11.4 Å². The lowest BCUT2D eigenvalue weighted by Crippen LogP contribution is -2.11. The zero-order valence-electron chi connectivity index (χ0n) is 7.39. The Morgan fingerprint density at radius 3 is 2.57 bits per heavy atom. The summed E-state index contributed by atoms with van der Waals surface area (Å²) in [4.78, 5) is 9.98. The Morgan fingerprint density at radius 1 is 1.43 bits per heavy atom. The third kappa shape index (κ3) is 1.20. The number of hydrogen-bond acceptors (Lipinski definition) is 5. The van der Waals surface area contributed by atoms with Gasteiger partial charge in [0.05, 0.1) is 11.0 Å². The number of nitrogens with two attached hydrogens (primary N) is 1. The molecule has 1 aromatic rings. The molecule has 74 valence electrons. The Hall–Kier alpha value is -1.98. The van der Waals surface area contributed by atoms with Crippen LogP contribution in [0.5, 0.6) is 11.5 Å². The molecule has 0 amide bonds. The molecule has 2 rings (SSSR count). The van der Waals surface area contributed by atoms with Gasteiger partial charge in [-0.3, -0.25) is 10.1 Å². The number of nitro benzene ring substituents is 1. The average Bonchev–Trinajstić information content (AvgIpc) is 2.42. The van der Waals surface area contributed by atoms with Crippen molar-refractivity contribution in [2.45, 2.75) is 13.2 Å². The van der Waals surface area contributed by atoms with E-state index < -0.39 is 11.2 Å². The maximum absolute atomic E-state index is 10.5. The number of nitrogen functional groups attached to an aromatic ring is 1. The summed E-state index contributed by atoms with van der Waals surface area (Å²) in [6.45, 7) is 1.70. The van der Waals surface area contributed by atoms with Crippen molar-refractivity contribution in [1.29, 1.82) is 0 Å². The van der Waals surface area contributed by atoms with Gasteiger partial charge in [0.1, 0.15) is 5.69 Å². The minimum atomic E-state index is -0.554. The highest BCUT2D eigenvalue weighted by Crippen LogP contribution is 2.40. The van der Waals surface area contributed by atoms with Crippen molar-refractivity contribution in [3.8, 4) is 11.5 Å². The van der Waals surface area contributed by atoms with E-state index in [9.17, 15) is 10.1 Å². The summed E-state index contributed by atoms with van der Waals surface area (Å²) in [5.74, 6) is 0.805. The molecular weight excluding hydrogens is 188 g/mol. The third-order valence-electron chi connectivity index (χ3n) is 1.88. The first-order valence-corrected chi connectivity index (χ1v) is 3.99. The maximum atomic E-state index is 10.5. The largest absolute Gasteiger partial charge is 0.451 e. The molecule has 0 radical (unpaired) electrons. The Morgan fingerprint density at radius 2 is 2.00 bits per heavy atom. The minimum Gasteiger partial charge on any atom is -0.451 e. The van der Waals surface area contributed by atoms with E-state index in [2.05, 4.69) is 0 Å². The first-order chi connectivity index (χ1) is 6.58. The van der Waals surface area contributed by atoms with E-state index in [-0.39, 0.29) is 11.4 Å². The third-order valence-corrected chi connectivity index (χ3v) is 1.88. The molecule has 1 aromatic carbocycles. The van der Waals surface area contributed by atoms with Crippen LogP contribution in [0.1, 0.15) is 6.92 Å². The highest BCUT2D eigenvalue weighted by molar-refractivity contribution is 5.66. The second-order valence-corrected chi connectivity index (χ2v) is 2.92. The normalized spacial score (nSPS) is 18.2. The summed E-state index contributed by atoms with van der Waals surface area (Å²) in [6.07, 6.45) is -0.425. The number of ether oxygens (including phenoxy) is 2. The van der Waals surface area contributed by atoms with Gasteiger partial charge in [0, 0.05) is 13.0 Å². The lowest BCUT2D eigenvalue weighted by atomic mass is 10.2. The summed E-state index contributed by atoms with van der Waals surface area (Å²) in [5, 5.41) is 10.5. The fourth-order valence-electron chi connectivity index (χ4n) is 1.29. The highest BCUT2D eigenvalue weighted by Gasteiger charge is 2.25. The van der Waals surface area contributed by atoms with Crippen LogP contribution in [-0.2, 0) is 0 Å². The highest BCUT2D eigenvalue weighted by atomic mass is 16.7. The van der Waals surface area contributed by atoms with Crippen LogP contribution in [0.25, 0.3) is 0 Å². The lowest BCUT2D eigenvalue weighted by Gasteiger charge is -1.99. The molecule has 1 heterocycles. The van der Waals surface area contributed by atoms with Crippen LogP contribution in [-0.4, -0.2) is 11.2 Å². The van der Waals surface area contributed by atoms with Crippen molar-refractivity contribution < 1.29 is 14.4 Å².